The molecule has 2 rings (SSSR count). The number of carboxylic acid groups (broad SMARTS) is 1. The summed E-state index contributed by atoms with van der Waals surface area (Å²) >= 11 is 0. The highest BCUT2D eigenvalue weighted by molar-refractivity contribution is 5.70. The van der Waals surface area contributed by atoms with Gasteiger partial charge in [0, 0.05) is 12.7 Å². The van der Waals surface area contributed by atoms with E-state index in [0.717, 1.165) is 6.07 Å². The van der Waals surface area contributed by atoms with Crippen LogP contribution < -0.4 is 5.32 Å². The van der Waals surface area contributed by atoms with E-state index >= 15 is 0 Å². The smallest absolute Gasteiger partial charge is 0.419 e. The lowest BCUT2D eigenvalue weighted by atomic mass is 9.82. The van der Waals surface area contributed by atoms with E-state index in [2.05, 4.69) is 10.3 Å². The molecule has 4 nitrogen and oxygen atoms in total. The second kappa shape index (κ2) is 6.32. The van der Waals surface area contributed by atoms with Crippen molar-refractivity contribution in [1.29, 1.82) is 0 Å². The quantitative estimate of drug-likeness (QED) is 0.895. The number of aromatic nitrogens is 1. The number of halogens is 3. The number of carbonyl (C=O) groups is 1. The van der Waals surface area contributed by atoms with Gasteiger partial charge >= 0.3 is 12.1 Å². The fourth-order valence-corrected chi connectivity index (χ4v) is 2.63. The fourth-order valence-electron chi connectivity index (χ4n) is 2.63. The SMILES string of the molecule is O=C(O)C1CCC(CNc2ncccc2C(F)(F)F)CC1. The summed E-state index contributed by atoms with van der Waals surface area (Å²) in [5, 5.41) is 11.7. The molecule has 1 aromatic heterocycles. The van der Waals surface area contributed by atoms with Crippen LogP contribution in [0.15, 0.2) is 18.3 Å². The lowest BCUT2D eigenvalue weighted by Crippen LogP contribution is -2.26. The number of pyridine rings is 1. The highest BCUT2D eigenvalue weighted by Gasteiger charge is 2.34. The summed E-state index contributed by atoms with van der Waals surface area (Å²) in [6.45, 7) is 0.381. The summed E-state index contributed by atoms with van der Waals surface area (Å²) in [5.74, 6) is -1.08. The van der Waals surface area contributed by atoms with Crippen molar-refractivity contribution in [3.63, 3.8) is 0 Å². The van der Waals surface area contributed by atoms with Crippen molar-refractivity contribution in [1.82, 2.24) is 4.98 Å². The Morgan fingerprint density at radius 2 is 2.00 bits per heavy atom. The van der Waals surface area contributed by atoms with E-state index in [1.54, 1.807) is 0 Å². The van der Waals surface area contributed by atoms with Crippen molar-refractivity contribution < 1.29 is 23.1 Å². The van der Waals surface area contributed by atoms with Gasteiger partial charge in [0.05, 0.1) is 11.5 Å². The zero-order valence-corrected chi connectivity index (χ0v) is 11.4. The molecule has 0 unspecified atom stereocenters. The molecule has 1 saturated carbocycles. The van der Waals surface area contributed by atoms with Crippen LogP contribution in [-0.4, -0.2) is 22.6 Å². The minimum atomic E-state index is -4.43. The summed E-state index contributed by atoms with van der Waals surface area (Å²) in [6.07, 6.45) is -0.543. The van der Waals surface area contributed by atoms with Crippen molar-refractivity contribution in [3.05, 3.63) is 23.9 Å². The van der Waals surface area contributed by atoms with Crippen molar-refractivity contribution in [3.8, 4) is 0 Å². The number of alkyl halides is 3. The molecule has 1 aromatic rings. The number of aliphatic carboxylic acids is 1. The first-order chi connectivity index (χ1) is 9.88. The van der Waals surface area contributed by atoms with Crippen LogP contribution in [0, 0.1) is 11.8 Å². The van der Waals surface area contributed by atoms with E-state index in [1.807, 2.05) is 0 Å². The topological polar surface area (TPSA) is 62.2 Å². The van der Waals surface area contributed by atoms with Gasteiger partial charge in [0.1, 0.15) is 5.82 Å². The lowest BCUT2D eigenvalue weighted by Gasteiger charge is -2.26. The average molecular weight is 302 g/mol. The minimum Gasteiger partial charge on any atom is -0.481 e. The minimum absolute atomic E-state index is 0.162. The molecule has 21 heavy (non-hydrogen) atoms. The van der Waals surface area contributed by atoms with Gasteiger partial charge < -0.3 is 10.4 Å². The molecule has 1 aliphatic rings. The molecule has 0 saturated heterocycles. The van der Waals surface area contributed by atoms with Gasteiger partial charge in [-0.1, -0.05) is 0 Å². The summed E-state index contributed by atoms with van der Waals surface area (Å²) in [6, 6.07) is 2.25. The van der Waals surface area contributed by atoms with Crippen LogP contribution in [0.1, 0.15) is 31.2 Å². The highest BCUT2D eigenvalue weighted by Crippen LogP contribution is 2.34. The number of nitrogens with one attached hydrogen (secondary N) is 1. The standard InChI is InChI=1S/C14H17F3N2O2/c15-14(16,17)11-2-1-7-18-12(11)19-8-9-3-5-10(6-4-9)13(20)21/h1-2,7,9-10H,3-6,8H2,(H,18,19)(H,20,21). The Kier molecular flexibility index (Phi) is 4.69. The molecule has 0 spiro atoms. The van der Waals surface area contributed by atoms with Crippen LogP contribution >= 0.6 is 0 Å². The average Bonchev–Trinajstić information content (AvgIpc) is 2.45. The molecular formula is C14H17F3N2O2. The second-order valence-electron chi connectivity index (χ2n) is 5.33. The zero-order chi connectivity index (χ0) is 15.5. The first kappa shape index (κ1) is 15.6. The lowest BCUT2D eigenvalue weighted by molar-refractivity contribution is -0.143. The number of carboxylic acids is 1. The number of hydrogen-bond acceptors (Lipinski definition) is 3. The van der Waals surface area contributed by atoms with Crippen LogP contribution in [0.2, 0.25) is 0 Å². The molecule has 1 heterocycles. The van der Waals surface area contributed by atoms with Crippen LogP contribution in [0.25, 0.3) is 0 Å². The van der Waals surface area contributed by atoms with E-state index in [4.69, 9.17) is 5.11 Å². The molecule has 116 valence electrons. The number of rotatable bonds is 4. The van der Waals surface area contributed by atoms with Crippen molar-refractivity contribution in [2.75, 3.05) is 11.9 Å². The van der Waals surface area contributed by atoms with Crippen LogP contribution in [0.4, 0.5) is 19.0 Å². The summed E-state index contributed by atoms with van der Waals surface area (Å²) in [4.78, 5) is 14.6. The van der Waals surface area contributed by atoms with Crippen LogP contribution in [-0.2, 0) is 11.0 Å². The molecule has 0 aromatic carbocycles. The zero-order valence-electron chi connectivity index (χ0n) is 11.4. The number of hydrogen-bond donors (Lipinski definition) is 2. The summed E-state index contributed by atoms with van der Waals surface area (Å²) < 4.78 is 38.4. The van der Waals surface area contributed by atoms with Gasteiger partial charge in [-0.25, -0.2) is 4.98 Å². The molecule has 1 aliphatic carbocycles. The van der Waals surface area contributed by atoms with E-state index in [9.17, 15) is 18.0 Å². The second-order valence-corrected chi connectivity index (χ2v) is 5.33. The molecule has 0 aliphatic heterocycles. The Balaban J connectivity index is 1.91. The van der Waals surface area contributed by atoms with E-state index < -0.39 is 17.7 Å². The first-order valence-electron chi connectivity index (χ1n) is 6.87. The molecule has 0 bridgehead atoms. The van der Waals surface area contributed by atoms with Gasteiger partial charge in [-0.05, 0) is 43.7 Å². The molecule has 0 amide bonds. The largest absolute Gasteiger partial charge is 0.481 e. The highest BCUT2D eigenvalue weighted by atomic mass is 19.4. The maximum Gasteiger partial charge on any atom is 0.419 e. The maximum atomic E-state index is 12.8. The van der Waals surface area contributed by atoms with E-state index in [0.29, 0.717) is 32.2 Å². The van der Waals surface area contributed by atoms with Gasteiger partial charge in [0.25, 0.3) is 0 Å². The van der Waals surface area contributed by atoms with Gasteiger partial charge in [-0.3, -0.25) is 4.79 Å². The van der Waals surface area contributed by atoms with Gasteiger partial charge in [0.15, 0.2) is 0 Å². The van der Waals surface area contributed by atoms with Gasteiger partial charge in [-0.15, -0.1) is 0 Å². The Hall–Kier alpha value is -1.79. The summed E-state index contributed by atoms with van der Waals surface area (Å²) in [7, 11) is 0. The number of nitrogens with zero attached hydrogens (tertiary/aromatic N) is 1. The summed E-state index contributed by atoms with van der Waals surface area (Å²) in [5.41, 5.74) is -0.774. The number of anilines is 1. The Labute approximate surface area is 120 Å². The third-order valence-corrected chi connectivity index (χ3v) is 3.87. The van der Waals surface area contributed by atoms with Crippen LogP contribution in [0.5, 0.6) is 0 Å². The predicted octanol–water partition coefficient (Wildman–Crippen LogP) is 3.40. The predicted molar refractivity (Wildman–Crippen MR) is 70.8 cm³/mol. The maximum absolute atomic E-state index is 12.8. The molecule has 7 heteroatoms. The molecule has 1 fully saturated rings. The van der Waals surface area contributed by atoms with Crippen molar-refractivity contribution in [2.24, 2.45) is 11.8 Å². The third kappa shape index (κ3) is 4.09. The fraction of sp³-hybridized carbons (Fsp3) is 0.571. The van der Waals surface area contributed by atoms with E-state index in [1.165, 1.54) is 12.3 Å². The first-order valence-corrected chi connectivity index (χ1v) is 6.87. The Morgan fingerprint density at radius 1 is 1.33 bits per heavy atom. The molecule has 2 N–H and O–H groups in total. The van der Waals surface area contributed by atoms with Crippen molar-refractivity contribution in [2.45, 2.75) is 31.9 Å². The molecule has 0 radical (unpaired) electrons. The monoisotopic (exact) mass is 302 g/mol. The third-order valence-electron chi connectivity index (χ3n) is 3.87. The Morgan fingerprint density at radius 3 is 2.57 bits per heavy atom. The Bertz CT molecular complexity index is 497. The van der Waals surface area contributed by atoms with Crippen molar-refractivity contribution >= 4 is 11.8 Å². The van der Waals surface area contributed by atoms with E-state index in [-0.39, 0.29) is 17.7 Å². The molecular weight excluding hydrogens is 285 g/mol. The van der Waals surface area contributed by atoms with Gasteiger partial charge in [0.2, 0.25) is 0 Å². The van der Waals surface area contributed by atoms with Gasteiger partial charge in [-0.2, -0.15) is 13.2 Å². The normalized spacial score (nSPS) is 22.8. The van der Waals surface area contributed by atoms with Crippen LogP contribution in [0.3, 0.4) is 0 Å². The molecule has 0 atom stereocenters.